The Hall–Kier alpha value is -1.79. The molecule has 0 saturated heterocycles. The Balaban J connectivity index is 2.28. The molecule has 104 valence electrons. The van der Waals surface area contributed by atoms with Gasteiger partial charge in [-0.15, -0.1) is 0 Å². The van der Waals surface area contributed by atoms with Crippen molar-refractivity contribution in [1.82, 2.24) is 0 Å². The molecular formula is C13H9BrClFN2O2. The quantitative estimate of drug-likeness (QED) is 0.375. The summed E-state index contributed by atoms with van der Waals surface area (Å²) in [5.74, 6) is 0.204. The van der Waals surface area contributed by atoms with Crippen molar-refractivity contribution < 1.29 is 14.3 Å². The van der Waals surface area contributed by atoms with Crippen LogP contribution in [0.2, 0.25) is 5.02 Å². The molecule has 7 heteroatoms. The molecule has 4 nitrogen and oxygen atoms in total. The van der Waals surface area contributed by atoms with Crippen molar-refractivity contribution in [2.45, 2.75) is 0 Å². The molecule has 2 aromatic carbocycles. The lowest BCUT2D eigenvalue weighted by molar-refractivity contribution is 0.318. The number of benzene rings is 2. The molecule has 0 saturated carbocycles. The van der Waals surface area contributed by atoms with Gasteiger partial charge < -0.3 is 15.7 Å². The number of ether oxygens (including phenoxy) is 1. The van der Waals surface area contributed by atoms with Gasteiger partial charge in [0.2, 0.25) is 0 Å². The molecule has 0 amide bonds. The van der Waals surface area contributed by atoms with Crippen molar-refractivity contribution >= 4 is 33.4 Å². The van der Waals surface area contributed by atoms with Gasteiger partial charge >= 0.3 is 0 Å². The zero-order chi connectivity index (χ0) is 14.7. The summed E-state index contributed by atoms with van der Waals surface area (Å²) in [4.78, 5) is 0. The lowest BCUT2D eigenvalue weighted by Gasteiger charge is -2.08. The Labute approximate surface area is 127 Å². The van der Waals surface area contributed by atoms with Crippen molar-refractivity contribution in [3.8, 4) is 11.5 Å². The SMILES string of the molecule is N/C(=N/O)c1ccc(Oc2cc(F)cc(Br)c2)cc1Cl. The maximum Gasteiger partial charge on any atom is 0.171 e. The van der Waals surface area contributed by atoms with Gasteiger partial charge in [0.1, 0.15) is 17.3 Å². The summed E-state index contributed by atoms with van der Waals surface area (Å²) >= 11 is 9.17. The molecule has 0 heterocycles. The highest BCUT2D eigenvalue weighted by Crippen LogP contribution is 2.29. The summed E-state index contributed by atoms with van der Waals surface area (Å²) in [6.07, 6.45) is 0. The Morgan fingerprint density at radius 2 is 2.00 bits per heavy atom. The molecule has 0 fully saturated rings. The minimum atomic E-state index is -0.422. The molecule has 20 heavy (non-hydrogen) atoms. The van der Waals surface area contributed by atoms with Gasteiger partial charge in [-0.2, -0.15) is 0 Å². The van der Waals surface area contributed by atoms with Crippen molar-refractivity contribution in [1.29, 1.82) is 0 Å². The predicted molar refractivity (Wildman–Crippen MR) is 78.1 cm³/mol. The molecule has 0 aliphatic carbocycles. The molecule has 0 spiro atoms. The van der Waals surface area contributed by atoms with Crippen molar-refractivity contribution in [3.63, 3.8) is 0 Å². The van der Waals surface area contributed by atoms with Crippen LogP contribution in [0.1, 0.15) is 5.56 Å². The third-order valence-electron chi connectivity index (χ3n) is 2.40. The molecule has 0 unspecified atom stereocenters. The second kappa shape index (κ2) is 6.11. The van der Waals surface area contributed by atoms with Gasteiger partial charge in [-0.05, 0) is 24.3 Å². The normalized spacial score (nSPS) is 11.4. The smallest absolute Gasteiger partial charge is 0.171 e. The lowest BCUT2D eigenvalue weighted by atomic mass is 10.2. The third kappa shape index (κ3) is 3.40. The zero-order valence-corrected chi connectivity index (χ0v) is 12.3. The van der Waals surface area contributed by atoms with Gasteiger partial charge in [-0.3, -0.25) is 0 Å². The van der Waals surface area contributed by atoms with Crippen LogP contribution in [0.5, 0.6) is 11.5 Å². The zero-order valence-electron chi connectivity index (χ0n) is 9.98. The Morgan fingerprint density at radius 3 is 2.60 bits per heavy atom. The first-order valence-electron chi connectivity index (χ1n) is 5.41. The Kier molecular flexibility index (Phi) is 4.46. The minimum absolute atomic E-state index is 0.102. The van der Waals surface area contributed by atoms with Crippen LogP contribution in [-0.2, 0) is 0 Å². The fraction of sp³-hybridized carbons (Fsp3) is 0. The lowest BCUT2D eigenvalue weighted by Crippen LogP contribution is -2.13. The van der Waals surface area contributed by atoms with E-state index < -0.39 is 5.82 Å². The monoisotopic (exact) mass is 358 g/mol. The summed E-state index contributed by atoms with van der Waals surface area (Å²) in [5.41, 5.74) is 5.83. The van der Waals surface area contributed by atoms with Crippen LogP contribution < -0.4 is 10.5 Å². The molecule has 0 aliphatic heterocycles. The summed E-state index contributed by atoms with van der Waals surface area (Å²) in [6.45, 7) is 0. The first kappa shape index (κ1) is 14.6. The fourth-order valence-corrected chi connectivity index (χ4v) is 2.26. The average molecular weight is 360 g/mol. The van der Waals surface area contributed by atoms with E-state index >= 15 is 0 Å². The molecule has 2 rings (SSSR count). The topological polar surface area (TPSA) is 67.8 Å². The van der Waals surface area contributed by atoms with E-state index in [-0.39, 0.29) is 10.9 Å². The van der Waals surface area contributed by atoms with Crippen molar-refractivity contribution in [2.24, 2.45) is 10.9 Å². The fourth-order valence-electron chi connectivity index (χ4n) is 1.54. The molecule has 3 N–H and O–H groups in total. The van der Waals surface area contributed by atoms with Gasteiger partial charge in [0, 0.05) is 22.2 Å². The van der Waals surface area contributed by atoms with E-state index in [1.807, 2.05) is 0 Å². The highest BCUT2D eigenvalue weighted by atomic mass is 79.9. The number of hydrogen-bond donors (Lipinski definition) is 2. The summed E-state index contributed by atoms with van der Waals surface area (Å²) in [5, 5.41) is 11.7. The molecule has 0 bridgehead atoms. The van der Waals surface area contributed by atoms with Crippen LogP contribution in [0, 0.1) is 5.82 Å². The highest BCUT2D eigenvalue weighted by Gasteiger charge is 2.08. The van der Waals surface area contributed by atoms with Crippen molar-refractivity contribution in [2.75, 3.05) is 0 Å². The number of rotatable bonds is 3. The first-order valence-corrected chi connectivity index (χ1v) is 6.58. The average Bonchev–Trinajstić information content (AvgIpc) is 2.36. The number of hydrogen-bond acceptors (Lipinski definition) is 3. The maximum atomic E-state index is 13.2. The second-order valence-corrected chi connectivity index (χ2v) is 5.16. The molecule has 0 atom stereocenters. The number of oxime groups is 1. The Morgan fingerprint density at radius 1 is 1.25 bits per heavy atom. The molecular weight excluding hydrogens is 351 g/mol. The summed E-state index contributed by atoms with van der Waals surface area (Å²) in [6, 6.07) is 8.80. The van der Waals surface area contributed by atoms with Gasteiger partial charge in [0.15, 0.2) is 5.84 Å². The van der Waals surface area contributed by atoms with E-state index in [4.69, 9.17) is 27.3 Å². The third-order valence-corrected chi connectivity index (χ3v) is 3.17. The van der Waals surface area contributed by atoms with Gasteiger partial charge in [-0.1, -0.05) is 32.7 Å². The summed E-state index contributed by atoms with van der Waals surface area (Å²) in [7, 11) is 0. The molecule has 0 aliphatic rings. The van der Waals surface area contributed by atoms with Gasteiger partial charge in [0.05, 0.1) is 5.02 Å². The van der Waals surface area contributed by atoms with E-state index in [9.17, 15) is 4.39 Å². The highest BCUT2D eigenvalue weighted by molar-refractivity contribution is 9.10. The largest absolute Gasteiger partial charge is 0.457 e. The first-order chi connectivity index (χ1) is 9.49. The number of nitrogens with two attached hydrogens (primary N) is 1. The van der Waals surface area contributed by atoms with Crippen LogP contribution in [0.3, 0.4) is 0 Å². The van der Waals surface area contributed by atoms with E-state index in [2.05, 4.69) is 21.1 Å². The van der Waals surface area contributed by atoms with E-state index in [1.165, 1.54) is 18.2 Å². The van der Waals surface area contributed by atoms with Crippen LogP contribution in [-0.4, -0.2) is 11.0 Å². The number of nitrogens with zero attached hydrogens (tertiary/aromatic N) is 1. The van der Waals surface area contributed by atoms with Crippen LogP contribution in [0.4, 0.5) is 4.39 Å². The van der Waals surface area contributed by atoms with Gasteiger partial charge in [-0.25, -0.2) is 4.39 Å². The predicted octanol–water partition coefficient (Wildman–Crippen LogP) is 4.13. The maximum absolute atomic E-state index is 13.2. The molecule has 0 radical (unpaired) electrons. The van der Waals surface area contributed by atoms with Crippen LogP contribution in [0.15, 0.2) is 46.0 Å². The van der Waals surface area contributed by atoms with E-state index in [1.54, 1.807) is 18.2 Å². The van der Waals surface area contributed by atoms with Crippen molar-refractivity contribution in [3.05, 3.63) is 57.3 Å². The van der Waals surface area contributed by atoms with E-state index in [0.717, 1.165) is 0 Å². The van der Waals surface area contributed by atoms with Crippen LogP contribution >= 0.6 is 27.5 Å². The molecule has 2 aromatic rings. The Bertz CT molecular complexity index is 659. The summed E-state index contributed by atoms with van der Waals surface area (Å²) < 4.78 is 19.3. The van der Waals surface area contributed by atoms with Crippen LogP contribution in [0.25, 0.3) is 0 Å². The van der Waals surface area contributed by atoms with E-state index in [0.29, 0.717) is 21.5 Å². The number of amidine groups is 1. The molecule has 0 aromatic heterocycles. The standard InChI is InChI=1S/C13H9BrClFN2O2/c14-7-3-8(16)5-10(4-7)20-9-1-2-11(12(15)6-9)13(17)18-19/h1-6,19H,(H2,17,18). The second-order valence-electron chi connectivity index (χ2n) is 3.83. The minimum Gasteiger partial charge on any atom is -0.457 e. The van der Waals surface area contributed by atoms with Gasteiger partial charge in [0.25, 0.3) is 0 Å². The number of halogens is 3.